The highest BCUT2D eigenvalue weighted by atomic mass is 35.5. The second-order valence-corrected chi connectivity index (χ2v) is 4.61. The van der Waals surface area contributed by atoms with Crippen molar-refractivity contribution in [2.75, 3.05) is 12.1 Å². The van der Waals surface area contributed by atoms with Crippen LogP contribution in [0.25, 0.3) is 0 Å². The van der Waals surface area contributed by atoms with Crippen molar-refractivity contribution in [2.24, 2.45) is 0 Å². The molecule has 0 amide bonds. The summed E-state index contributed by atoms with van der Waals surface area (Å²) >= 11 is 11.4. The van der Waals surface area contributed by atoms with Crippen molar-refractivity contribution in [3.05, 3.63) is 71.8 Å². The fourth-order valence-corrected chi connectivity index (χ4v) is 2.10. The van der Waals surface area contributed by atoms with Gasteiger partial charge in [-0.05, 0) is 0 Å². The first kappa shape index (κ1) is 16.3. The van der Waals surface area contributed by atoms with Gasteiger partial charge in [-0.25, -0.2) is 0 Å². The molecule has 2 atom stereocenters. The van der Waals surface area contributed by atoms with Crippen LogP contribution in [0, 0.1) is 0 Å². The quantitative estimate of drug-likeness (QED) is 0.513. The lowest BCUT2D eigenvalue weighted by molar-refractivity contribution is -0.243. The molecule has 2 aromatic carbocycles. The minimum Gasteiger partial charge on any atom is -0.332 e. The first-order valence-corrected chi connectivity index (χ1v) is 7.52. The summed E-state index contributed by atoms with van der Waals surface area (Å²) in [6, 6.07) is 19.1. The molecule has 21 heavy (non-hydrogen) atoms. The molecular formula is C16H16Cl2O3. The number of ether oxygens (including phenoxy) is 3. The molecule has 2 aromatic rings. The fourth-order valence-electron chi connectivity index (χ4n) is 1.88. The van der Waals surface area contributed by atoms with Crippen LogP contribution in [-0.4, -0.2) is 12.1 Å². The first-order chi connectivity index (χ1) is 10.3. The molecule has 5 heteroatoms. The first-order valence-electron chi connectivity index (χ1n) is 6.45. The van der Waals surface area contributed by atoms with E-state index in [4.69, 9.17) is 37.4 Å². The van der Waals surface area contributed by atoms with Gasteiger partial charge >= 0.3 is 0 Å². The zero-order valence-electron chi connectivity index (χ0n) is 11.3. The van der Waals surface area contributed by atoms with Crippen molar-refractivity contribution in [3.63, 3.8) is 0 Å². The van der Waals surface area contributed by atoms with Crippen LogP contribution >= 0.6 is 23.2 Å². The van der Waals surface area contributed by atoms with Crippen molar-refractivity contribution in [1.82, 2.24) is 0 Å². The van der Waals surface area contributed by atoms with Crippen molar-refractivity contribution < 1.29 is 14.2 Å². The van der Waals surface area contributed by atoms with Crippen molar-refractivity contribution in [3.8, 4) is 0 Å². The van der Waals surface area contributed by atoms with Crippen LogP contribution in [0.3, 0.4) is 0 Å². The molecule has 0 aliphatic heterocycles. The molecule has 0 spiro atoms. The van der Waals surface area contributed by atoms with Gasteiger partial charge in [0.2, 0.25) is 0 Å². The Kier molecular flexibility index (Phi) is 7.00. The van der Waals surface area contributed by atoms with E-state index in [0.717, 1.165) is 11.1 Å². The third kappa shape index (κ3) is 4.99. The Morgan fingerprint density at radius 3 is 1.38 bits per heavy atom. The molecule has 0 saturated heterocycles. The van der Waals surface area contributed by atoms with E-state index in [0.29, 0.717) is 0 Å². The fraction of sp³-hybridized carbons (Fsp3) is 0.250. The van der Waals surface area contributed by atoms with Gasteiger partial charge in [0, 0.05) is 11.1 Å². The van der Waals surface area contributed by atoms with E-state index in [2.05, 4.69) is 0 Å². The number of hydrogen-bond donors (Lipinski definition) is 0. The Morgan fingerprint density at radius 2 is 1.05 bits per heavy atom. The lowest BCUT2D eigenvalue weighted by Crippen LogP contribution is -2.15. The topological polar surface area (TPSA) is 27.7 Å². The molecule has 2 unspecified atom stereocenters. The van der Waals surface area contributed by atoms with Crippen LogP contribution < -0.4 is 0 Å². The second kappa shape index (κ2) is 9.03. The predicted molar refractivity (Wildman–Crippen MR) is 83.1 cm³/mol. The maximum atomic E-state index is 5.89. The lowest BCUT2D eigenvalue weighted by Gasteiger charge is -2.24. The molecule has 0 aliphatic carbocycles. The summed E-state index contributed by atoms with van der Waals surface area (Å²) in [5, 5.41) is 0. The summed E-state index contributed by atoms with van der Waals surface area (Å²) in [5.41, 5.74) is 1.72. The number of hydrogen-bond acceptors (Lipinski definition) is 3. The SMILES string of the molecule is ClCOC(OC(OCCl)c1ccccc1)c1ccccc1. The van der Waals surface area contributed by atoms with Gasteiger partial charge in [-0.1, -0.05) is 83.9 Å². The second-order valence-electron chi connectivity index (χ2n) is 4.17. The average molecular weight is 327 g/mol. The highest BCUT2D eigenvalue weighted by Gasteiger charge is 2.20. The minimum atomic E-state index is -0.628. The molecule has 0 N–H and O–H groups in total. The maximum absolute atomic E-state index is 5.89. The van der Waals surface area contributed by atoms with Crippen molar-refractivity contribution in [2.45, 2.75) is 12.6 Å². The van der Waals surface area contributed by atoms with Gasteiger partial charge < -0.3 is 14.2 Å². The zero-order valence-corrected chi connectivity index (χ0v) is 12.8. The van der Waals surface area contributed by atoms with Gasteiger partial charge in [0.15, 0.2) is 12.6 Å². The number of alkyl halides is 2. The number of halogens is 2. The third-order valence-corrected chi connectivity index (χ3v) is 3.07. The molecule has 0 aliphatic rings. The third-order valence-electron chi connectivity index (χ3n) is 2.82. The number of rotatable bonds is 8. The van der Waals surface area contributed by atoms with Gasteiger partial charge in [0.05, 0.1) is 0 Å². The highest BCUT2D eigenvalue weighted by molar-refractivity contribution is 6.17. The Hall–Kier alpha value is -1.10. The molecule has 0 saturated carbocycles. The summed E-state index contributed by atoms with van der Waals surface area (Å²) in [6.07, 6.45) is -1.26. The van der Waals surface area contributed by atoms with Gasteiger partial charge in [-0.3, -0.25) is 0 Å². The lowest BCUT2D eigenvalue weighted by atomic mass is 10.2. The van der Waals surface area contributed by atoms with E-state index < -0.39 is 12.6 Å². The van der Waals surface area contributed by atoms with Gasteiger partial charge in [0.1, 0.15) is 12.1 Å². The van der Waals surface area contributed by atoms with Crippen LogP contribution in [-0.2, 0) is 14.2 Å². The summed E-state index contributed by atoms with van der Waals surface area (Å²) in [7, 11) is 0. The van der Waals surface area contributed by atoms with Crippen LogP contribution in [0.15, 0.2) is 60.7 Å². The summed E-state index contributed by atoms with van der Waals surface area (Å²) in [6.45, 7) is 0. The predicted octanol–water partition coefficient (Wildman–Crippen LogP) is 4.83. The van der Waals surface area contributed by atoms with Crippen LogP contribution in [0.4, 0.5) is 0 Å². The monoisotopic (exact) mass is 326 g/mol. The van der Waals surface area contributed by atoms with Crippen LogP contribution in [0.2, 0.25) is 0 Å². The van der Waals surface area contributed by atoms with Crippen molar-refractivity contribution in [1.29, 1.82) is 0 Å². The standard InChI is InChI=1S/C16H16Cl2O3/c17-11-19-15(13-7-3-1-4-8-13)21-16(20-12-18)14-9-5-2-6-10-14/h1-10,15-16H,11-12H2. The molecule has 0 fully saturated rings. The van der Waals surface area contributed by atoms with Gasteiger partial charge in [-0.15, -0.1) is 0 Å². The normalized spacial score (nSPS) is 13.8. The van der Waals surface area contributed by atoms with Crippen LogP contribution in [0.1, 0.15) is 23.7 Å². The van der Waals surface area contributed by atoms with E-state index in [1.165, 1.54) is 0 Å². The Balaban J connectivity index is 2.16. The molecule has 0 bridgehead atoms. The molecule has 0 aromatic heterocycles. The molecule has 2 rings (SSSR count). The summed E-state index contributed by atoms with van der Waals surface area (Å²) < 4.78 is 16.8. The van der Waals surface area contributed by atoms with Gasteiger partial charge in [-0.2, -0.15) is 0 Å². The Morgan fingerprint density at radius 1 is 0.667 bits per heavy atom. The summed E-state index contributed by atoms with van der Waals surface area (Å²) in [4.78, 5) is 0. The Labute approximate surface area is 134 Å². The van der Waals surface area contributed by atoms with E-state index in [9.17, 15) is 0 Å². The molecule has 112 valence electrons. The van der Waals surface area contributed by atoms with E-state index in [1.807, 2.05) is 60.7 Å². The zero-order chi connectivity index (χ0) is 14.9. The largest absolute Gasteiger partial charge is 0.332 e. The molecule has 3 nitrogen and oxygen atoms in total. The average Bonchev–Trinajstić information content (AvgIpc) is 2.55. The van der Waals surface area contributed by atoms with Gasteiger partial charge in [0.25, 0.3) is 0 Å². The molecule has 0 heterocycles. The van der Waals surface area contributed by atoms with E-state index >= 15 is 0 Å². The van der Waals surface area contributed by atoms with E-state index in [1.54, 1.807) is 0 Å². The highest BCUT2D eigenvalue weighted by Crippen LogP contribution is 2.29. The number of benzene rings is 2. The summed E-state index contributed by atoms with van der Waals surface area (Å²) in [5.74, 6) is 0. The molecular weight excluding hydrogens is 311 g/mol. The van der Waals surface area contributed by atoms with Crippen LogP contribution in [0.5, 0.6) is 0 Å². The smallest absolute Gasteiger partial charge is 0.188 e. The maximum Gasteiger partial charge on any atom is 0.188 e. The minimum absolute atomic E-state index is 0.0158. The Bertz CT molecular complexity index is 460. The van der Waals surface area contributed by atoms with E-state index in [-0.39, 0.29) is 12.1 Å². The molecule has 0 radical (unpaired) electrons. The van der Waals surface area contributed by atoms with Crippen molar-refractivity contribution >= 4 is 23.2 Å².